The van der Waals surface area contributed by atoms with Gasteiger partial charge in [-0.3, -0.25) is 0 Å². The Morgan fingerprint density at radius 2 is 1.96 bits per heavy atom. The molecule has 0 radical (unpaired) electrons. The molecule has 0 atom stereocenters. The number of hydrogen-bond acceptors (Lipinski definition) is 3. The Hall–Kier alpha value is -2.27. The molecule has 1 heterocycles. The van der Waals surface area contributed by atoms with E-state index in [1.54, 1.807) is 17.4 Å². The zero-order chi connectivity index (χ0) is 19.2. The van der Waals surface area contributed by atoms with Crippen LogP contribution in [0.15, 0.2) is 85.5 Å². The Bertz CT molecular complexity index is 1010. The Kier molecular flexibility index (Phi) is 6.56. The lowest BCUT2D eigenvalue weighted by Crippen LogP contribution is -2.31. The molecule has 0 aliphatic rings. The first kappa shape index (κ1) is 19.5. The lowest BCUT2D eigenvalue weighted by atomic mass is 10.1. The Labute approximate surface area is 174 Å². The van der Waals surface area contributed by atoms with Gasteiger partial charge in [0.05, 0.1) is 10.2 Å². The topological polar surface area (TPSA) is 16.1 Å². The number of hydrogen-bond donors (Lipinski definition) is 0. The number of allylic oxidation sites excluding steroid dienone is 2. The summed E-state index contributed by atoms with van der Waals surface area (Å²) in [6.07, 6.45) is 5.55. The van der Waals surface area contributed by atoms with Gasteiger partial charge < -0.3 is 4.90 Å². The van der Waals surface area contributed by atoms with Crippen molar-refractivity contribution >= 4 is 50.4 Å². The number of fused-ring (bicyclic) bond motifs is 1. The fraction of sp³-hybridized carbons (Fsp3) is 0.0909. The SMILES string of the molecule is C=C/C=C(\C=C)CN(Cc1ccccc1)C(=S)c1nc2cc(Cl)ccc2s1. The van der Waals surface area contributed by atoms with Crippen molar-refractivity contribution in [1.82, 2.24) is 9.88 Å². The van der Waals surface area contributed by atoms with Gasteiger partial charge in [-0.15, -0.1) is 11.3 Å². The van der Waals surface area contributed by atoms with Crippen LogP contribution in [0, 0.1) is 0 Å². The van der Waals surface area contributed by atoms with Crippen molar-refractivity contribution in [1.29, 1.82) is 0 Å². The van der Waals surface area contributed by atoms with Crippen LogP contribution in [0.25, 0.3) is 10.2 Å². The van der Waals surface area contributed by atoms with Crippen LogP contribution in [-0.4, -0.2) is 21.4 Å². The van der Waals surface area contributed by atoms with E-state index >= 15 is 0 Å². The van der Waals surface area contributed by atoms with Crippen molar-refractivity contribution in [3.63, 3.8) is 0 Å². The van der Waals surface area contributed by atoms with Crippen LogP contribution >= 0.6 is 35.2 Å². The highest BCUT2D eigenvalue weighted by atomic mass is 35.5. The monoisotopic (exact) mass is 410 g/mol. The van der Waals surface area contributed by atoms with E-state index in [9.17, 15) is 0 Å². The molecule has 0 spiro atoms. The number of nitrogens with zero attached hydrogens (tertiary/aromatic N) is 2. The van der Waals surface area contributed by atoms with Gasteiger partial charge in [-0.05, 0) is 29.3 Å². The number of rotatable bonds is 7. The Morgan fingerprint density at radius 1 is 1.19 bits per heavy atom. The van der Waals surface area contributed by atoms with Crippen LogP contribution in [-0.2, 0) is 6.54 Å². The second kappa shape index (κ2) is 9.09. The summed E-state index contributed by atoms with van der Waals surface area (Å²) in [5, 5.41) is 1.49. The second-order valence-corrected chi connectivity index (χ2v) is 7.81. The molecule has 3 rings (SSSR count). The molecule has 0 saturated carbocycles. The minimum atomic E-state index is 0.639. The summed E-state index contributed by atoms with van der Waals surface area (Å²) in [6, 6.07) is 16.0. The van der Waals surface area contributed by atoms with E-state index in [0.29, 0.717) is 23.1 Å². The lowest BCUT2D eigenvalue weighted by Gasteiger charge is -2.25. The largest absolute Gasteiger partial charge is 0.352 e. The molecule has 136 valence electrons. The summed E-state index contributed by atoms with van der Waals surface area (Å²) in [5.41, 5.74) is 3.11. The predicted molar refractivity (Wildman–Crippen MR) is 122 cm³/mol. The zero-order valence-corrected chi connectivity index (χ0v) is 17.2. The van der Waals surface area contributed by atoms with Crippen molar-refractivity contribution in [3.05, 3.63) is 101 Å². The molecule has 2 nitrogen and oxygen atoms in total. The van der Waals surface area contributed by atoms with E-state index in [4.69, 9.17) is 28.8 Å². The van der Waals surface area contributed by atoms with E-state index in [0.717, 1.165) is 20.8 Å². The first-order valence-electron chi connectivity index (χ1n) is 8.44. The van der Waals surface area contributed by atoms with Gasteiger partial charge in [-0.1, -0.05) is 85.5 Å². The summed E-state index contributed by atoms with van der Waals surface area (Å²) in [7, 11) is 0. The van der Waals surface area contributed by atoms with Crippen LogP contribution in [0.4, 0.5) is 0 Å². The van der Waals surface area contributed by atoms with Crippen molar-refractivity contribution in [2.24, 2.45) is 0 Å². The quantitative estimate of drug-likeness (QED) is 0.330. The van der Waals surface area contributed by atoms with Gasteiger partial charge in [0.15, 0.2) is 5.01 Å². The summed E-state index contributed by atoms with van der Waals surface area (Å²) >= 11 is 13.5. The molecule has 27 heavy (non-hydrogen) atoms. The molecule has 1 aromatic heterocycles. The molecule has 0 aliphatic carbocycles. The van der Waals surface area contributed by atoms with Gasteiger partial charge in [0.25, 0.3) is 0 Å². The van der Waals surface area contributed by atoms with E-state index in [1.165, 1.54) is 5.56 Å². The number of thiazole rings is 1. The first-order valence-corrected chi connectivity index (χ1v) is 10.0. The number of aromatic nitrogens is 1. The Balaban J connectivity index is 1.93. The lowest BCUT2D eigenvalue weighted by molar-refractivity contribution is 0.458. The molecule has 0 aliphatic heterocycles. The molecule has 5 heteroatoms. The number of halogens is 1. The van der Waals surface area contributed by atoms with Gasteiger partial charge in [0.1, 0.15) is 4.99 Å². The summed E-state index contributed by atoms with van der Waals surface area (Å²) in [4.78, 5) is 7.56. The van der Waals surface area contributed by atoms with Crippen LogP contribution < -0.4 is 0 Å². The normalized spacial score (nSPS) is 11.4. The molecule has 0 fully saturated rings. The average molecular weight is 411 g/mol. The molecule has 3 aromatic rings. The molecule has 0 bridgehead atoms. The molecule has 0 amide bonds. The summed E-state index contributed by atoms with van der Waals surface area (Å²) in [5.74, 6) is 0. The average Bonchev–Trinajstić information content (AvgIpc) is 3.10. The summed E-state index contributed by atoms with van der Waals surface area (Å²) in [6.45, 7) is 9.02. The first-order chi connectivity index (χ1) is 13.1. The fourth-order valence-corrected chi connectivity index (χ4v) is 4.07. The van der Waals surface area contributed by atoms with Crippen molar-refractivity contribution < 1.29 is 0 Å². The zero-order valence-electron chi connectivity index (χ0n) is 14.8. The van der Waals surface area contributed by atoms with Gasteiger partial charge in [-0.2, -0.15) is 0 Å². The highest BCUT2D eigenvalue weighted by Crippen LogP contribution is 2.27. The molecular formula is C22H19ClN2S2. The van der Waals surface area contributed by atoms with Gasteiger partial charge in [0.2, 0.25) is 0 Å². The predicted octanol–water partition coefficient (Wildman–Crippen LogP) is 6.43. The number of thiocarbonyl (C=S) groups is 1. The van der Waals surface area contributed by atoms with Gasteiger partial charge in [0, 0.05) is 18.1 Å². The molecular weight excluding hydrogens is 392 g/mol. The second-order valence-electron chi connectivity index (χ2n) is 5.96. The van der Waals surface area contributed by atoms with E-state index < -0.39 is 0 Å². The van der Waals surface area contributed by atoms with Crippen LogP contribution in [0.5, 0.6) is 0 Å². The van der Waals surface area contributed by atoms with E-state index in [2.05, 4.69) is 30.2 Å². The maximum absolute atomic E-state index is 6.09. The van der Waals surface area contributed by atoms with E-state index in [-0.39, 0.29) is 0 Å². The highest BCUT2D eigenvalue weighted by Gasteiger charge is 2.17. The molecule has 2 aromatic carbocycles. The third-order valence-corrected chi connectivity index (χ3v) is 5.86. The highest BCUT2D eigenvalue weighted by molar-refractivity contribution is 7.81. The van der Waals surface area contributed by atoms with Crippen LogP contribution in [0.3, 0.4) is 0 Å². The van der Waals surface area contributed by atoms with Crippen molar-refractivity contribution in [2.75, 3.05) is 6.54 Å². The maximum atomic E-state index is 6.09. The maximum Gasteiger partial charge on any atom is 0.152 e. The molecule has 0 N–H and O–H groups in total. The standard InChI is InChI=1S/C22H19ClN2S2/c1-3-8-16(4-2)14-25(15-17-9-6-5-7-10-17)22(26)21-24-19-13-18(23)11-12-20(19)27-21/h3-13H,1-2,14-15H2/b16-8+. The Morgan fingerprint density at radius 3 is 2.67 bits per heavy atom. The fourth-order valence-electron chi connectivity index (χ4n) is 2.69. The van der Waals surface area contributed by atoms with Gasteiger partial charge in [-0.25, -0.2) is 4.98 Å². The number of benzene rings is 2. The van der Waals surface area contributed by atoms with Crippen molar-refractivity contribution in [3.8, 4) is 0 Å². The molecule has 0 unspecified atom stereocenters. The van der Waals surface area contributed by atoms with E-state index in [1.807, 2.05) is 48.6 Å². The minimum absolute atomic E-state index is 0.639. The smallest absolute Gasteiger partial charge is 0.152 e. The third kappa shape index (κ3) is 4.92. The summed E-state index contributed by atoms with van der Waals surface area (Å²) < 4.78 is 1.07. The van der Waals surface area contributed by atoms with Crippen LogP contribution in [0.2, 0.25) is 5.02 Å². The van der Waals surface area contributed by atoms with Gasteiger partial charge >= 0.3 is 0 Å². The molecule has 0 saturated heterocycles. The van der Waals surface area contributed by atoms with Crippen LogP contribution in [0.1, 0.15) is 10.6 Å². The third-order valence-electron chi connectivity index (χ3n) is 4.00. The minimum Gasteiger partial charge on any atom is -0.352 e. The van der Waals surface area contributed by atoms with Crippen molar-refractivity contribution in [2.45, 2.75) is 6.54 Å².